The molecule has 4 nitrogen and oxygen atoms in total. The van der Waals surface area contributed by atoms with Crippen LogP contribution >= 0.6 is 11.6 Å². The van der Waals surface area contributed by atoms with Crippen LogP contribution in [0, 0.1) is 11.7 Å². The number of likely N-dealkylation sites (N-methyl/N-ethyl adjacent to an activating group) is 1. The van der Waals surface area contributed by atoms with E-state index >= 15 is 0 Å². The van der Waals surface area contributed by atoms with E-state index in [1.165, 1.54) is 16.4 Å². The van der Waals surface area contributed by atoms with E-state index in [0.29, 0.717) is 18.7 Å². The topological polar surface area (TPSA) is 40.6 Å². The zero-order valence-corrected chi connectivity index (χ0v) is 14.0. The van der Waals surface area contributed by atoms with Gasteiger partial charge >= 0.3 is 0 Å². The van der Waals surface area contributed by atoms with Gasteiger partial charge in [0.25, 0.3) is 0 Å². The second-order valence-corrected chi connectivity index (χ2v) is 7.90. The lowest BCUT2D eigenvalue weighted by Gasteiger charge is -2.22. The molecule has 1 aliphatic rings. The van der Waals surface area contributed by atoms with Crippen LogP contribution in [0.2, 0.25) is 0 Å². The van der Waals surface area contributed by atoms with E-state index in [1.807, 2.05) is 25.9 Å². The Balaban J connectivity index is 2.35. The molecule has 1 aliphatic heterocycles. The van der Waals surface area contributed by atoms with E-state index in [1.54, 1.807) is 0 Å². The molecule has 1 aromatic carbocycles. The molecule has 0 aromatic heterocycles. The van der Waals surface area contributed by atoms with Crippen LogP contribution in [0.4, 0.5) is 4.39 Å². The summed E-state index contributed by atoms with van der Waals surface area (Å²) in [5, 5.41) is 0. The van der Waals surface area contributed by atoms with Gasteiger partial charge in [-0.3, -0.25) is 0 Å². The van der Waals surface area contributed by atoms with Crippen LogP contribution in [0.25, 0.3) is 0 Å². The molecule has 0 spiro atoms. The highest BCUT2D eigenvalue weighted by molar-refractivity contribution is 7.89. The third-order valence-corrected chi connectivity index (χ3v) is 6.13. The Kier molecular flexibility index (Phi) is 4.92. The number of halogens is 2. The zero-order chi connectivity index (χ0) is 15.8. The lowest BCUT2D eigenvalue weighted by molar-refractivity contribution is 0.263. The molecule has 0 amide bonds. The molecule has 2 rings (SSSR count). The predicted molar refractivity (Wildman–Crippen MR) is 81.4 cm³/mol. The third-order valence-electron chi connectivity index (χ3n) is 3.97. The van der Waals surface area contributed by atoms with Crippen molar-refractivity contribution in [3.8, 4) is 0 Å². The fraction of sp³-hybridized carbons (Fsp3) is 0.571. The predicted octanol–water partition coefficient (Wildman–Crippen LogP) is 2.14. The molecule has 0 bridgehead atoms. The minimum absolute atomic E-state index is 0.138. The molecular formula is C14H20ClFN2O2S. The molecule has 2 atom stereocenters. The summed E-state index contributed by atoms with van der Waals surface area (Å²) in [6.45, 7) is 2.78. The first-order valence-corrected chi connectivity index (χ1v) is 8.75. The fourth-order valence-corrected chi connectivity index (χ4v) is 4.58. The first-order valence-electron chi connectivity index (χ1n) is 6.78. The second-order valence-electron chi connectivity index (χ2n) is 5.73. The van der Waals surface area contributed by atoms with Crippen LogP contribution in [0.5, 0.6) is 0 Å². The highest BCUT2D eigenvalue weighted by Gasteiger charge is 2.39. The van der Waals surface area contributed by atoms with Crippen LogP contribution in [0.3, 0.4) is 0 Å². The summed E-state index contributed by atoms with van der Waals surface area (Å²) in [5.41, 5.74) is 0.591. The van der Waals surface area contributed by atoms with Gasteiger partial charge in [-0.25, -0.2) is 12.8 Å². The summed E-state index contributed by atoms with van der Waals surface area (Å²) in [5.74, 6) is -0.377. The van der Waals surface area contributed by atoms with Crippen LogP contribution in [-0.4, -0.2) is 50.8 Å². The Morgan fingerprint density at radius 3 is 2.57 bits per heavy atom. The lowest BCUT2D eigenvalue weighted by atomic mass is 10.1. The van der Waals surface area contributed by atoms with Gasteiger partial charge < -0.3 is 4.90 Å². The number of hydrogen-bond donors (Lipinski definition) is 0. The van der Waals surface area contributed by atoms with E-state index in [4.69, 9.17) is 11.6 Å². The highest BCUT2D eigenvalue weighted by atomic mass is 35.5. The van der Waals surface area contributed by atoms with Crippen LogP contribution < -0.4 is 0 Å². The fourth-order valence-electron chi connectivity index (χ4n) is 2.74. The Morgan fingerprint density at radius 1 is 1.38 bits per heavy atom. The van der Waals surface area contributed by atoms with E-state index < -0.39 is 15.8 Å². The highest BCUT2D eigenvalue weighted by Crippen LogP contribution is 2.28. The van der Waals surface area contributed by atoms with Crippen LogP contribution in [-0.2, 0) is 15.9 Å². The summed E-state index contributed by atoms with van der Waals surface area (Å²) in [6.07, 6.45) is 0. The molecular weight excluding hydrogens is 315 g/mol. The SMILES string of the molecule is CC1CN(S(=O)(=O)c2cc(CCl)ccc2F)CC1N(C)C. The number of hydrogen-bond acceptors (Lipinski definition) is 3. The van der Waals surface area contributed by atoms with Crippen molar-refractivity contribution in [3.63, 3.8) is 0 Å². The summed E-state index contributed by atoms with van der Waals surface area (Å²) < 4.78 is 40.6. The Bertz CT molecular complexity index is 621. The number of alkyl halides is 1. The first kappa shape index (κ1) is 16.7. The molecule has 118 valence electrons. The first-order chi connectivity index (χ1) is 9.77. The van der Waals surface area contributed by atoms with Gasteiger partial charge in [0.2, 0.25) is 10.0 Å². The van der Waals surface area contributed by atoms with Gasteiger partial charge in [-0.2, -0.15) is 4.31 Å². The van der Waals surface area contributed by atoms with Crippen molar-refractivity contribution >= 4 is 21.6 Å². The van der Waals surface area contributed by atoms with Crippen molar-refractivity contribution in [2.45, 2.75) is 23.7 Å². The third kappa shape index (κ3) is 3.23. The number of nitrogens with zero attached hydrogens (tertiary/aromatic N) is 2. The molecule has 0 radical (unpaired) electrons. The van der Waals surface area contributed by atoms with E-state index in [-0.39, 0.29) is 22.7 Å². The Morgan fingerprint density at radius 2 is 2.05 bits per heavy atom. The van der Waals surface area contributed by atoms with Crippen molar-refractivity contribution < 1.29 is 12.8 Å². The lowest BCUT2D eigenvalue weighted by Crippen LogP contribution is -2.36. The van der Waals surface area contributed by atoms with Gasteiger partial charge in [0, 0.05) is 25.0 Å². The number of benzene rings is 1. The van der Waals surface area contributed by atoms with E-state index in [2.05, 4.69) is 0 Å². The standard InChI is InChI=1S/C14H20ClFN2O2S/c1-10-8-18(9-13(10)17(2)3)21(19,20)14-6-11(7-15)4-5-12(14)16/h4-6,10,13H,7-9H2,1-3H3. The van der Waals surface area contributed by atoms with E-state index in [0.717, 1.165) is 6.07 Å². The molecule has 1 fully saturated rings. The van der Waals surface area contributed by atoms with Gasteiger partial charge in [0.1, 0.15) is 10.7 Å². The Hall–Kier alpha value is -0.690. The zero-order valence-electron chi connectivity index (χ0n) is 12.4. The average molecular weight is 335 g/mol. The molecule has 1 aromatic rings. The van der Waals surface area contributed by atoms with Crippen molar-refractivity contribution in [1.29, 1.82) is 0 Å². The van der Waals surface area contributed by atoms with Crippen LogP contribution in [0.15, 0.2) is 23.1 Å². The molecule has 0 aliphatic carbocycles. The smallest absolute Gasteiger partial charge is 0.246 e. The number of rotatable bonds is 4. The molecule has 7 heteroatoms. The largest absolute Gasteiger partial charge is 0.305 e. The minimum atomic E-state index is -3.83. The number of sulfonamides is 1. The van der Waals surface area contributed by atoms with Gasteiger partial charge in [-0.05, 0) is 37.7 Å². The van der Waals surface area contributed by atoms with Gasteiger partial charge in [-0.1, -0.05) is 13.0 Å². The second kappa shape index (κ2) is 6.20. The average Bonchev–Trinajstić information content (AvgIpc) is 2.82. The normalized spacial score (nSPS) is 23.9. The van der Waals surface area contributed by atoms with Crippen molar-refractivity contribution in [2.24, 2.45) is 5.92 Å². The molecule has 21 heavy (non-hydrogen) atoms. The summed E-state index contributed by atoms with van der Waals surface area (Å²) >= 11 is 5.71. The monoisotopic (exact) mass is 334 g/mol. The molecule has 0 N–H and O–H groups in total. The molecule has 2 unspecified atom stereocenters. The maximum absolute atomic E-state index is 13.9. The minimum Gasteiger partial charge on any atom is -0.305 e. The molecule has 0 saturated carbocycles. The maximum atomic E-state index is 13.9. The maximum Gasteiger partial charge on any atom is 0.246 e. The van der Waals surface area contributed by atoms with Crippen LogP contribution in [0.1, 0.15) is 12.5 Å². The quantitative estimate of drug-likeness (QED) is 0.792. The Labute approximate surface area is 130 Å². The van der Waals surface area contributed by atoms with Crippen molar-refractivity contribution in [2.75, 3.05) is 27.2 Å². The van der Waals surface area contributed by atoms with Gasteiger partial charge in [0.15, 0.2) is 0 Å². The molecule has 1 saturated heterocycles. The van der Waals surface area contributed by atoms with E-state index in [9.17, 15) is 12.8 Å². The van der Waals surface area contributed by atoms with Gasteiger partial charge in [0.05, 0.1) is 0 Å². The van der Waals surface area contributed by atoms with Gasteiger partial charge in [-0.15, -0.1) is 11.6 Å². The summed E-state index contributed by atoms with van der Waals surface area (Å²) in [7, 11) is 0.0169. The summed E-state index contributed by atoms with van der Waals surface area (Å²) in [6, 6.07) is 4.12. The molecule has 1 heterocycles. The van der Waals surface area contributed by atoms with Crippen molar-refractivity contribution in [1.82, 2.24) is 9.21 Å². The summed E-state index contributed by atoms with van der Waals surface area (Å²) in [4.78, 5) is 1.72. The van der Waals surface area contributed by atoms with Crippen molar-refractivity contribution in [3.05, 3.63) is 29.6 Å².